The Morgan fingerprint density at radius 1 is 1.57 bits per heavy atom. The second kappa shape index (κ2) is 5.12. The highest BCUT2D eigenvalue weighted by atomic mass is 32.2. The van der Waals surface area contributed by atoms with E-state index in [1.54, 1.807) is 11.8 Å². The Bertz CT molecular complexity index is 226. The van der Waals surface area contributed by atoms with Crippen molar-refractivity contribution in [3.63, 3.8) is 0 Å². The van der Waals surface area contributed by atoms with E-state index in [9.17, 15) is 4.79 Å². The zero-order valence-corrected chi connectivity index (χ0v) is 10.2. The molecule has 14 heavy (non-hydrogen) atoms. The van der Waals surface area contributed by atoms with Gasteiger partial charge in [0.25, 0.3) is 0 Å². The lowest BCUT2D eigenvalue weighted by Crippen LogP contribution is -2.18. The normalized spacial score (nSPS) is 26.3. The van der Waals surface area contributed by atoms with Crippen LogP contribution in [0.2, 0.25) is 0 Å². The van der Waals surface area contributed by atoms with E-state index in [4.69, 9.17) is 4.74 Å². The van der Waals surface area contributed by atoms with Crippen molar-refractivity contribution >= 4 is 29.5 Å². The highest BCUT2D eigenvalue weighted by Gasteiger charge is 2.26. The lowest BCUT2D eigenvalue weighted by molar-refractivity contribution is -0.138. The fraction of sp³-hybridized carbons (Fsp3) is 0.700. The van der Waals surface area contributed by atoms with Crippen LogP contribution < -0.4 is 0 Å². The van der Waals surface area contributed by atoms with Crippen LogP contribution in [0.4, 0.5) is 0 Å². The summed E-state index contributed by atoms with van der Waals surface area (Å²) in [5.74, 6) is 2.73. The van der Waals surface area contributed by atoms with Gasteiger partial charge in [0.1, 0.15) is 0 Å². The maximum Gasteiger partial charge on any atom is 0.331 e. The third-order valence-electron chi connectivity index (χ3n) is 1.82. The Morgan fingerprint density at radius 3 is 2.93 bits per heavy atom. The molecule has 4 heteroatoms. The molecule has 80 valence electrons. The summed E-state index contributed by atoms with van der Waals surface area (Å²) in [5, 5.41) is 0. The van der Waals surface area contributed by atoms with Crippen molar-refractivity contribution in [1.82, 2.24) is 0 Å². The Hall–Kier alpha value is -0.0900. The maximum absolute atomic E-state index is 11.0. The largest absolute Gasteiger partial charge is 0.447 e. The minimum atomic E-state index is -0.317. The van der Waals surface area contributed by atoms with Gasteiger partial charge in [0.2, 0.25) is 0 Å². The van der Waals surface area contributed by atoms with Crippen LogP contribution in [-0.4, -0.2) is 28.7 Å². The molecule has 1 atom stereocenters. The highest BCUT2D eigenvalue weighted by Crippen LogP contribution is 2.34. The van der Waals surface area contributed by atoms with Gasteiger partial charge in [-0.05, 0) is 11.2 Å². The summed E-state index contributed by atoms with van der Waals surface area (Å²) in [6.45, 7) is 7.87. The first kappa shape index (κ1) is 12.0. The van der Waals surface area contributed by atoms with Gasteiger partial charge in [-0.15, -0.1) is 11.8 Å². The molecule has 1 rings (SSSR count). The molecule has 1 saturated heterocycles. The monoisotopic (exact) mass is 232 g/mol. The highest BCUT2D eigenvalue weighted by molar-refractivity contribution is 8.03. The van der Waals surface area contributed by atoms with Crippen LogP contribution in [-0.2, 0) is 9.53 Å². The molecule has 0 amide bonds. The van der Waals surface area contributed by atoms with Crippen LogP contribution in [0.15, 0.2) is 12.7 Å². The van der Waals surface area contributed by atoms with E-state index in [2.05, 4.69) is 20.4 Å². The Morgan fingerprint density at radius 2 is 2.29 bits per heavy atom. The quantitative estimate of drug-likeness (QED) is 0.540. The molecule has 0 aromatic rings. The number of carbonyl (C=O) groups is 1. The number of carbonyl (C=O) groups excluding carboxylic acids is 1. The molecule has 1 fully saturated rings. The van der Waals surface area contributed by atoms with E-state index < -0.39 is 0 Å². The molecule has 1 heterocycles. The lowest BCUT2D eigenvalue weighted by Gasteiger charge is -2.20. The van der Waals surface area contributed by atoms with Gasteiger partial charge in [0.05, 0.1) is 0 Å². The predicted octanol–water partition coefficient (Wildman–Crippen LogP) is 2.55. The van der Waals surface area contributed by atoms with Crippen LogP contribution in [0.3, 0.4) is 0 Å². The van der Waals surface area contributed by atoms with Crippen molar-refractivity contribution in [3.05, 3.63) is 12.7 Å². The van der Waals surface area contributed by atoms with E-state index in [-0.39, 0.29) is 11.4 Å². The smallest absolute Gasteiger partial charge is 0.331 e. The lowest BCUT2D eigenvalue weighted by atomic mass is 10.0. The van der Waals surface area contributed by atoms with Gasteiger partial charge in [-0.25, -0.2) is 4.79 Å². The summed E-state index contributed by atoms with van der Waals surface area (Å²) in [4.78, 5) is 11.0. The van der Waals surface area contributed by atoms with Crippen molar-refractivity contribution in [2.45, 2.75) is 19.3 Å². The summed E-state index contributed by atoms with van der Waals surface area (Å²) >= 11 is 3.57. The molecule has 2 nitrogen and oxygen atoms in total. The minimum absolute atomic E-state index is 0.00715. The Balaban J connectivity index is 2.42. The predicted molar refractivity (Wildman–Crippen MR) is 63.6 cm³/mol. The summed E-state index contributed by atoms with van der Waals surface area (Å²) in [6.07, 6.45) is 1.22. The van der Waals surface area contributed by atoms with Gasteiger partial charge in [-0.3, -0.25) is 0 Å². The average Bonchev–Trinajstić information content (AvgIpc) is 2.28. The fourth-order valence-corrected chi connectivity index (χ4v) is 3.82. The number of hydrogen-bond acceptors (Lipinski definition) is 4. The first-order valence-corrected chi connectivity index (χ1v) is 6.76. The van der Waals surface area contributed by atoms with E-state index in [0.29, 0.717) is 5.41 Å². The molecule has 0 saturated carbocycles. The first-order chi connectivity index (χ1) is 6.53. The molecule has 0 aliphatic carbocycles. The van der Waals surface area contributed by atoms with Gasteiger partial charge in [-0.2, -0.15) is 11.8 Å². The topological polar surface area (TPSA) is 26.3 Å². The number of hydrogen-bond donors (Lipinski definition) is 0. The number of thioether (sulfide) groups is 2. The third-order valence-corrected chi connectivity index (χ3v) is 5.14. The molecule has 0 spiro atoms. The summed E-state index contributed by atoms with van der Waals surface area (Å²) < 4.78 is 5.20. The van der Waals surface area contributed by atoms with Gasteiger partial charge < -0.3 is 4.74 Å². The van der Waals surface area contributed by atoms with Crippen molar-refractivity contribution in [1.29, 1.82) is 0 Å². The van der Waals surface area contributed by atoms with Crippen molar-refractivity contribution < 1.29 is 9.53 Å². The van der Waals surface area contributed by atoms with E-state index in [1.165, 1.54) is 6.08 Å². The molecule has 0 aromatic heterocycles. The molecule has 0 radical (unpaired) electrons. The minimum Gasteiger partial charge on any atom is -0.447 e. The van der Waals surface area contributed by atoms with Crippen molar-refractivity contribution in [2.75, 3.05) is 17.3 Å². The standard InChI is InChI=1S/C10H16O2S2/c1-4-8(11)12-9-5-13-6-10(2,3)7-14-9/h4,9H,1,5-7H2,2-3H3. The van der Waals surface area contributed by atoms with E-state index >= 15 is 0 Å². The Kier molecular flexibility index (Phi) is 4.38. The number of esters is 1. The molecule has 0 aromatic carbocycles. The molecular formula is C10H16O2S2. The summed E-state index contributed by atoms with van der Waals surface area (Å²) in [6, 6.07) is 0. The van der Waals surface area contributed by atoms with Crippen molar-refractivity contribution in [2.24, 2.45) is 5.41 Å². The van der Waals surface area contributed by atoms with Gasteiger partial charge in [0, 0.05) is 17.6 Å². The molecule has 1 unspecified atom stereocenters. The second-order valence-corrected chi connectivity index (χ2v) is 6.24. The number of rotatable bonds is 2. The summed E-state index contributed by atoms with van der Waals surface area (Å²) in [7, 11) is 0. The fourth-order valence-electron chi connectivity index (χ4n) is 1.09. The zero-order valence-electron chi connectivity index (χ0n) is 8.62. The Labute approximate surface area is 93.8 Å². The van der Waals surface area contributed by atoms with Crippen LogP contribution in [0.25, 0.3) is 0 Å². The SMILES string of the molecule is C=CC(=O)OC1CSCC(C)(C)CS1. The average molecular weight is 232 g/mol. The summed E-state index contributed by atoms with van der Waals surface area (Å²) in [5.41, 5.74) is 0.331. The molecule has 1 aliphatic rings. The van der Waals surface area contributed by atoms with Crippen LogP contribution in [0.5, 0.6) is 0 Å². The van der Waals surface area contributed by atoms with Crippen molar-refractivity contribution in [3.8, 4) is 0 Å². The molecule has 0 N–H and O–H groups in total. The van der Waals surface area contributed by atoms with Gasteiger partial charge in [0.15, 0.2) is 5.44 Å². The zero-order chi connectivity index (χ0) is 10.6. The molecular weight excluding hydrogens is 216 g/mol. The molecule has 0 bridgehead atoms. The maximum atomic E-state index is 11.0. The second-order valence-electron chi connectivity index (χ2n) is 4.06. The van der Waals surface area contributed by atoms with E-state index in [1.807, 2.05) is 11.8 Å². The number of ether oxygens (including phenoxy) is 1. The van der Waals surface area contributed by atoms with Gasteiger partial charge >= 0.3 is 5.97 Å². The first-order valence-electron chi connectivity index (χ1n) is 4.56. The van der Waals surface area contributed by atoms with Gasteiger partial charge in [-0.1, -0.05) is 20.4 Å². The van der Waals surface area contributed by atoms with E-state index in [0.717, 1.165) is 17.3 Å². The third kappa shape index (κ3) is 3.96. The van der Waals surface area contributed by atoms with Crippen LogP contribution in [0, 0.1) is 5.41 Å². The van der Waals surface area contributed by atoms with Crippen LogP contribution >= 0.6 is 23.5 Å². The molecule has 1 aliphatic heterocycles. The van der Waals surface area contributed by atoms with Crippen LogP contribution in [0.1, 0.15) is 13.8 Å².